The second-order valence-corrected chi connectivity index (χ2v) is 7.29. The van der Waals surface area contributed by atoms with Gasteiger partial charge in [0.2, 0.25) is 0 Å². The Hall–Kier alpha value is -2.28. The fraction of sp³-hybridized carbons (Fsp3) is 0.450. The minimum atomic E-state index is -4.70. The van der Waals surface area contributed by atoms with Gasteiger partial charge in [0.25, 0.3) is 0 Å². The summed E-state index contributed by atoms with van der Waals surface area (Å²) in [5.41, 5.74) is 1.38. The van der Waals surface area contributed by atoms with Crippen LogP contribution in [0.4, 0.5) is 19.0 Å². The van der Waals surface area contributed by atoms with Gasteiger partial charge < -0.3 is 10.1 Å². The molecular weight excluding hydrogens is 355 g/mol. The lowest BCUT2D eigenvalue weighted by Crippen LogP contribution is -2.59. The Balaban J connectivity index is 1.47. The molecule has 3 saturated heterocycles. The van der Waals surface area contributed by atoms with Crippen LogP contribution in [0.15, 0.2) is 42.6 Å². The van der Waals surface area contributed by atoms with Crippen LogP contribution in [0.2, 0.25) is 0 Å². The van der Waals surface area contributed by atoms with Crippen molar-refractivity contribution in [1.29, 1.82) is 0 Å². The highest BCUT2D eigenvalue weighted by Crippen LogP contribution is 2.34. The lowest BCUT2D eigenvalue weighted by Gasteiger charge is -2.50. The van der Waals surface area contributed by atoms with Gasteiger partial charge in [-0.2, -0.15) is 0 Å². The summed E-state index contributed by atoms with van der Waals surface area (Å²) in [5.74, 6) is 1.23. The predicted octanol–water partition coefficient (Wildman–Crippen LogP) is 4.54. The maximum absolute atomic E-state index is 12.4. The summed E-state index contributed by atoms with van der Waals surface area (Å²) < 4.78 is 41.2. The molecule has 1 aromatic carbocycles. The van der Waals surface area contributed by atoms with Crippen molar-refractivity contribution in [1.82, 2.24) is 9.88 Å². The van der Waals surface area contributed by atoms with Crippen LogP contribution in [0, 0.1) is 5.92 Å². The summed E-state index contributed by atoms with van der Waals surface area (Å²) in [6.45, 7) is 4.60. The molecule has 4 heterocycles. The van der Waals surface area contributed by atoms with E-state index in [2.05, 4.69) is 26.9 Å². The topological polar surface area (TPSA) is 37.4 Å². The highest BCUT2D eigenvalue weighted by Gasteiger charge is 2.39. The Kier molecular flexibility index (Phi) is 4.72. The van der Waals surface area contributed by atoms with Crippen molar-refractivity contribution in [2.75, 3.05) is 18.4 Å². The van der Waals surface area contributed by atoms with Gasteiger partial charge in [0, 0.05) is 23.8 Å². The standard InChI is InChI=1S/C20H22F3N3O/c1-13-19(14-7-9-26(13)10-8-14)25-18-6-5-16(12-24-18)15-3-2-4-17(11-15)27-20(21,22)23/h2-6,11-14,19H,7-10H2,1H3,(H,24,25)/t13-,19-/m1/s1. The van der Waals surface area contributed by atoms with E-state index in [1.165, 1.54) is 44.1 Å². The lowest BCUT2D eigenvalue weighted by molar-refractivity contribution is -0.274. The summed E-state index contributed by atoms with van der Waals surface area (Å²) in [4.78, 5) is 6.99. The molecule has 0 amide bonds. The Morgan fingerprint density at radius 1 is 1.11 bits per heavy atom. The number of anilines is 1. The summed E-state index contributed by atoms with van der Waals surface area (Å²) in [6.07, 6.45) is -0.587. The van der Waals surface area contributed by atoms with E-state index < -0.39 is 6.36 Å². The van der Waals surface area contributed by atoms with E-state index in [0.29, 0.717) is 23.6 Å². The van der Waals surface area contributed by atoms with Gasteiger partial charge in [-0.05, 0) is 68.6 Å². The summed E-state index contributed by atoms with van der Waals surface area (Å²) >= 11 is 0. The van der Waals surface area contributed by atoms with Crippen molar-refractivity contribution in [2.24, 2.45) is 5.92 Å². The number of piperidine rings is 3. The third-order valence-corrected chi connectivity index (χ3v) is 5.66. The molecule has 1 aromatic heterocycles. The fourth-order valence-corrected chi connectivity index (χ4v) is 4.24. The van der Waals surface area contributed by atoms with Gasteiger partial charge in [-0.3, -0.25) is 4.90 Å². The maximum atomic E-state index is 12.4. The van der Waals surface area contributed by atoms with Gasteiger partial charge >= 0.3 is 6.36 Å². The Labute approximate surface area is 156 Å². The summed E-state index contributed by atoms with van der Waals surface area (Å²) in [7, 11) is 0. The van der Waals surface area contributed by atoms with Crippen LogP contribution < -0.4 is 10.1 Å². The molecule has 3 aliphatic heterocycles. The number of aromatic nitrogens is 1. The molecule has 2 aromatic rings. The van der Waals surface area contributed by atoms with Crippen molar-refractivity contribution in [3.8, 4) is 16.9 Å². The Bertz CT molecular complexity index is 784. The molecule has 3 aliphatic rings. The van der Waals surface area contributed by atoms with Crippen molar-refractivity contribution in [3.05, 3.63) is 42.6 Å². The van der Waals surface area contributed by atoms with Crippen LogP contribution in [0.3, 0.4) is 0 Å². The average Bonchev–Trinajstić information content (AvgIpc) is 2.64. The molecule has 2 atom stereocenters. The highest BCUT2D eigenvalue weighted by molar-refractivity contribution is 5.65. The first-order chi connectivity index (χ1) is 12.9. The monoisotopic (exact) mass is 377 g/mol. The molecule has 0 radical (unpaired) electrons. The third kappa shape index (κ3) is 4.03. The number of hydrogen-bond donors (Lipinski definition) is 1. The molecule has 3 fully saturated rings. The third-order valence-electron chi connectivity index (χ3n) is 5.66. The Morgan fingerprint density at radius 2 is 1.89 bits per heavy atom. The molecule has 1 N–H and O–H groups in total. The quantitative estimate of drug-likeness (QED) is 0.849. The van der Waals surface area contributed by atoms with Crippen LogP contribution in [0.25, 0.3) is 11.1 Å². The molecule has 4 nitrogen and oxygen atoms in total. The zero-order chi connectivity index (χ0) is 19.0. The fourth-order valence-electron chi connectivity index (χ4n) is 4.24. The van der Waals surface area contributed by atoms with Gasteiger partial charge in [-0.1, -0.05) is 12.1 Å². The first kappa shape index (κ1) is 18.1. The molecule has 27 heavy (non-hydrogen) atoms. The molecule has 0 aliphatic carbocycles. The number of alkyl halides is 3. The molecule has 144 valence electrons. The number of benzene rings is 1. The van der Waals surface area contributed by atoms with Gasteiger partial charge in [0.05, 0.1) is 0 Å². The number of pyridine rings is 1. The molecule has 0 spiro atoms. The van der Waals surface area contributed by atoms with E-state index in [1.807, 2.05) is 12.1 Å². The SMILES string of the molecule is C[C@@H]1[C@@H](Nc2ccc(-c3cccc(OC(F)(F)F)c3)cn2)C2CCN1CC2. The summed E-state index contributed by atoms with van der Waals surface area (Å²) in [5, 5.41) is 3.56. The molecule has 7 heteroatoms. The van der Waals surface area contributed by atoms with E-state index in [4.69, 9.17) is 0 Å². The first-order valence-electron chi connectivity index (χ1n) is 9.22. The molecule has 0 saturated carbocycles. The predicted molar refractivity (Wildman–Crippen MR) is 97.5 cm³/mol. The number of rotatable bonds is 4. The van der Waals surface area contributed by atoms with Gasteiger partial charge in [0.1, 0.15) is 11.6 Å². The van der Waals surface area contributed by atoms with E-state index in [9.17, 15) is 13.2 Å². The van der Waals surface area contributed by atoms with Crippen LogP contribution in [0.5, 0.6) is 5.75 Å². The number of nitrogens with zero attached hydrogens (tertiary/aromatic N) is 2. The summed E-state index contributed by atoms with van der Waals surface area (Å²) in [6, 6.07) is 10.6. The van der Waals surface area contributed by atoms with E-state index in [1.54, 1.807) is 12.3 Å². The second kappa shape index (κ2) is 7.03. The van der Waals surface area contributed by atoms with Crippen LogP contribution in [-0.4, -0.2) is 41.4 Å². The van der Waals surface area contributed by atoms with Crippen molar-refractivity contribution < 1.29 is 17.9 Å². The minimum absolute atomic E-state index is 0.233. The number of hydrogen-bond acceptors (Lipinski definition) is 4. The number of ether oxygens (including phenoxy) is 1. The highest BCUT2D eigenvalue weighted by atomic mass is 19.4. The van der Waals surface area contributed by atoms with E-state index in [-0.39, 0.29) is 5.75 Å². The van der Waals surface area contributed by atoms with Crippen molar-refractivity contribution in [3.63, 3.8) is 0 Å². The van der Waals surface area contributed by atoms with Gasteiger partial charge in [-0.15, -0.1) is 13.2 Å². The molecule has 5 rings (SSSR count). The number of fused-ring (bicyclic) bond motifs is 3. The van der Waals surface area contributed by atoms with Gasteiger partial charge in [0.15, 0.2) is 0 Å². The first-order valence-corrected chi connectivity index (χ1v) is 9.22. The minimum Gasteiger partial charge on any atom is -0.406 e. The molecule has 2 bridgehead atoms. The smallest absolute Gasteiger partial charge is 0.406 e. The molecular formula is C20H22F3N3O. The molecule has 0 unspecified atom stereocenters. The average molecular weight is 377 g/mol. The number of nitrogens with one attached hydrogen (secondary N) is 1. The maximum Gasteiger partial charge on any atom is 0.573 e. The van der Waals surface area contributed by atoms with E-state index in [0.717, 1.165) is 11.4 Å². The normalized spacial score (nSPS) is 27.4. The second-order valence-electron chi connectivity index (χ2n) is 7.29. The van der Waals surface area contributed by atoms with Crippen molar-refractivity contribution >= 4 is 5.82 Å². The lowest BCUT2D eigenvalue weighted by atomic mass is 9.79. The van der Waals surface area contributed by atoms with E-state index >= 15 is 0 Å². The van der Waals surface area contributed by atoms with Crippen molar-refractivity contribution in [2.45, 2.75) is 38.2 Å². The Morgan fingerprint density at radius 3 is 2.52 bits per heavy atom. The van der Waals surface area contributed by atoms with Crippen LogP contribution >= 0.6 is 0 Å². The number of halogens is 3. The van der Waals surface area contributed by atoms with Gasteiger partial charge in [-0.25, -0.2) is 4.98 Å². The zero-order valence-electron chi connectivity index (χ0n) is 15.0. The largest absolute Gasteiger partial charge is 0.573 e. The van der Waals surface area contributed by atoms with Crippen LogP contribution in [-0.2, 0) is 0 Å². The van der Waals surface area contributed by atoms with Crippen LogP contribution in [0.1, 0.15) is 19.8 Å². The zero-order valence-corrected chi connectivity index (χ0v) is 15.0.